The van der Waals surface area contributed by atoms with Crippen LogP contribution in [0.1, 0.15) is 27.8 Å². The summed E-state index contributed by atoms with van der Waals surface area (Å²) in [5.41, 5.74) is 0.961. The molecule has 2 heterocycles. The summed E-state index contributed by atoms with van der Waals surface area (Å²) < 4.78 is 27.3. The molecule has 4 N–H and O–H groups in total. The number of nitrogens with one attached hydrogen (secondary N) is 3. The van der Waals surface area contributed by atoms with Gasteiger partial charge < -0.3 is 10.4 Å². The fourth-order valence-electron chi connectivity index (χ4n) is 3.03. The molecule has 2 aromatic carbocycles. The van der Waals surface area contributed by atoms with Crippen molar-refractivity contribution in [3.63, 3.8) is 0 Å². The molecule has 32 heavy (non-hydrogen) atoms. The second kappa shape index (κ2) is 9.16. The number of aromatic nitrogens is 4. The van der Waals surface area contributed by atoms with Crippen molar-refractivity contribution in [3.8, 4) is 5.75 Å². The van der Waals surface area contributed by atoms with Gasteiger partial charge >= 0.3 is 0 Å². The van der Waals surface area contributed by atoms with Gasteiger partial charge in [0.05, 0.1) is 17.3 Å². The van der Waals surface area contributed by atoms with E-state index >= 15 is 0 Å². The number of anilines is 1. The van der Waals surface area contributed by atoms with Crippen molar-refractivity contribution in [2.24, 2.45) is 0 Å². The molecule has 0 spiro atoms. The van der Waals surface area contributed by atoms with Crippen LogP contribution in [0.2, 0.25) is 0 Å². The Hall–Kier alpha value is -3.77. The third kappa shape index (κ3) is 4.92. The Kier molecular flexibility index (Phi) is 6.14. The summed E-state index contributed by atoms with van der Waals surface area (Å²) >= 11 is 1.07. The third-order valence-corrected chi connectivity index (χ3v) is 7.32. The Morgan fingerprint density at radius 1 is 1.12 bits per heavy atom. The van der Waals surface area contributed by atoms with E-state index in [0.29, 0.717) is 5.82 Å². The van der Waals surface area contributed by atoms with Gasteiger partial charge in [-0.05, 0) is 29.1 Å². The first-order chi connectivity index (χ1) is 15.4. The predicted molar refractivity (Wildman–Crippen MR) is 118 cm³/mol. The van der Waals surface area contributed by atoms with Crippen LogP contribution in [-0.2, 0) is 16.4 Å². The topological polar surface area (TPSA) is 150 Å². The number of rotatable bonds is 8. The summed E-state index contributed by atoms with van der Waals surface area (Å²) in [5.74, 6) is -0.477. The van der Waals surface area contributed by atoms with E-state index in [1.165, 1.54) is 24.3 Å². The van der Waals surface area contributed by atoms with Crippen LogP contribution in [-0.4, -0.2) is 40.1 Å². The number of aromatic hydroxyl groups is 1. The number of tetrazole rings is 1. The molecule has 12 heteroatoms. The van der Waals surface area contributed by atoms with Gasteiger partial charge in [0.15, 0.2) is 5.82 Å². The molecule has 0 aliphatic heterocycles. The van der Waals surface area contributed by atoms with Crippen LogP contribution in [0, 0.1) is 0 Å². The van der Waals surface area contributed by atoms with Gasteiger partial charge in [0.2, 0.25) is 0 Å². The fourth-order valence-corrected chi connectivity index (χ4v) is 5.08. The quantitative estimate of drug-likeness (QED) is 0.309. The first-order valence-corrected chi connectivity index (χ1v) is 11.8. The normalized spacial score (nSPS) is 12.2. The molecular formula is C20H18N6O4S2. The Balaban J connectivity index is 1.52. The molecule has 4 aromatic rings. The van der Waals surface area contributed by atoms with Gasteiger partial charge in [-0.2, -0.15) is 5.21 Å². The molecule has 1 unspecified atom stereocenters. The Labute approximate surface area is 187 Å². The van der Waals surface area contributed by atoms with Crippen LogP contribution < -0.4 is 10.0 Å². The molecule has 0 fully saturated rings. The van der Waals surface area contributed by atoms with Gasteiger partial charge in [0.25, 0.3) is 15.9 Å². The molecular weight excluding hydrogens is 452 g/mol. The second-order valence-electron chi connectivity index (χ2n) is 6.74. The van der Waals surface area contributed by atoms with Crippen LogP contribution in [0.3, 0.4) is 0 Å². The van der Waals surface area contributed by atoms with E-state index in [2.05, 4.69) is 30.7 Å². The number of hydrogen-bond donors (Lipinski definition) is 4. The number of amides is 1. The number of carbonyl (C=O) groups is 1. The van der Waals surface area contributed by atoms with E-state index in [1.807, 2.05) is 30.3 Å². The first-order valence-electron chi connectivity index (χ1n) is 9.40. The number of carbonyl (C=O) groups excluding carboxylic acids is 1. The summed E-state index contributed by atoms with van der Waals surface area (Å²) in [5, 5.41) is 28.7. The van der Waals surface area contributed by atoms with Crippen molar-refractivity contribution in [3.05, 3.63) is 83.0 Å². The van der Waals surface area contributed by atoms with E-state index in [9.17, 15) is 18.3 Å². The maximum absolute atomic E-state index is 12.9. The number of phenols is 1. The van der Waals surface area contributed by atoms with Crippen molar-refractivity contribution >= 4 is 33.0 Å². The number of sulfonamides is 1. The van der Waals surface area contributed by atoms with E-state index in [1.54, 1.807) is 11.4 Å². The molecule has 0 radical (unpaired) electrons. The van der Waals surface area contributed by atoms with Gasteiger partial charge in [-0.25, -0.2) is 8.42 Å². The monoisotopic (exact) mass is 470 g/mol. The lowest BCUT2D eigenvalue weighted by Gasteiger charge is -2.18. The summed E-state index contributed by atoms with van der Waals surface area (Å²) in [6.07, 6.45) is 0.283. The van der Waals surface area contributed by atoms with Gasteiger partial charge in [-0.3, -0.25) is 9.52 Å². The van der Waals surface area contributed by atoms with E-state index < -0.39 is 22.0 Å². The molecule has 0 bridgehead atoms. The summed E-state index contributed by atoms with van der Waals surface area (Å²) in [6, 6.07) is 15.8. The van der Waals surface area contributed by atoms with Gasteiger partial charge in [-0.15, -0.1) is 21.5 Å². The highest BCUT2D eigenvalue weighted by Crippen LogP contribution is 2.26. The highest BCUT2D eigenvalue weighted by molar-refractivity contribution is 7.94. The summed E-state index contributed by atoms with van der Waals surface area (Å²) in [4.78, 5) is 12.9. The number of thiophene rings is 1. The summed E-state index contributed by atoms with van der Waals surface area (Å²) in [6.45, 7) is 0. The van der Waals surface area contributed by atoms with Crippen LogP contribution in [0.15, 0.2) is 70.3 Å². The number of phenolic OH excluding ortho intramolecular Hbond substituents is 1. The number of aromatic amines is 1. The minimum Gasteiger partial charge on any atom is -0.507 e. The van der Waals surface area contributed by atoms with Crippen molar-refractivity contribution < 1.29 is 18.3 Å². The molecule has 4 rings (SSSR count). The lowest BCUT2D eigenvalue weighted by Crippen LogP contribution is -2.30. The maximum Gasteiger partial charge on any atom is 0.271 e. The van der Waals surface area contributed by atoms with E-state index in [4.69, 9.17) is 0 Å². The minimum absolute atomic E-state index is 0.00175. The molecule has 0 saturated carbocycles. The zero-order valence-electron chi connectivity index (χ0n) is 16.5. The molecule has 0 aliphatic carbocycles. The fraction of sp³-hybridized carbons (Fsp3) is 0.100. The summed E-state index contributed by atoms with van der Waals surface area (Å²) in [7, 11) is -3.77. The van der Waals surface area contributed by atoms with Crippen molar-refractivity contribution in [1.82, 2.24) is 25.9 Å². The zero-order chi connectivity index (χ0) is 22.6. The third-order valence-electron chi connectivity index (χ3n) is 4.54. The molecule has 0 aliphatic rings. The average Bonchev–Trinajstić information content (AvgIpc) is 3.48. The zero-order valence-corrected chi connectivity index (χ0v) is 18.1. The van der Waals surface area contributed by atoms with Crippen molar-refractivity contribution in [1.29, 1.82) is 0 Å². The highest BCUT2D eigenvalue weighted by Gasteiger charge is 2.21. The smallest absolute Gasteiger partial charge is 0.271 e. The molecule has 2 aromatic heterocycles. The minimum atomic E-state index is -3.77. The van der Waals surface area contributed by atoms with Crippen molar-refractivity contribution in [2.45, 2.75) is 16.7 Å². The Bertz CT molecular complexity index is 1290. The van der Waals surface area contributed by atoms with Gasteiger partial charge in [-0.1, -0.05) is 41.6 Å². The number of hydrogen-bond acceptors (Lipinski definition) is 8. The maximum atomic E-state index is 12.9. The van der Waals surface area contributed by atoms with E-state index in [-0.39, 0.29) is 27.6 Å². The van der Waals surface area contributed by atoms with E-state index in [0.717, 1.165) is 16.9 Å². The lowest BCUT2D eigenvalue weighted by molar-refractivity contribution is 0.0933. The van der Waals surface area contributed by atoms with Gasteiger partial charge in [0.1, 0.15) is 9.96 Å². The first kappa shape index (κ1) is 21.5. The number of nitrogens with zero attached hydrogens (tertiary/aromatic N) is 3. The molecule has 0 saturated heterocycles. The Morgan fingerprint density at radius 3 is 2.59 bits per heavy atom. The molecule has 164 valence electrons. The SMILES string of the molecule is O=C(NC(Cc1nn[nH]n1)c1ccccc1)c1ccc(NS(=O)(=O)c2cccs2)cc1O. The van der Waals surface area contributed by atoms with Gasteiger partial charge in [0, 0.05) is 12.5 Å². The van der Waals surface area contributed by atoms with Crippen molar-refractivity contribution in [2.75, 3.05) is 4.72 Å². The van der Waals surface area contributed by atoms with Crippen LogP contribution >= 0.6 is 11.3 Å². The predicted octanol–water partition coefficient (Wildman–Crippen LogP) is 2.48. The largest absolute Gasteiger partial charge is 0.507 e. The molecule has 10 nitrogen and oxygen atoms in total. The Morgan fingerprint density at radius 2 is 1.94 bits per heavy atom. The standard InChI is InChI=1S/C20H18N6O4S2/c27-17-11-14(24-32(29,30)19-7-4-10-31-19)8-9-15(17)20(28)21-16(12-18-22-25-26-23-18)13-5-2-1-3-6-13/h1-11,16,24,27H,12H2,(H,21,28)(H,22,23,25,26). The van der Waals surface area contributed by atoms with Crippen LogP contribution in [0.25, 0.3) is 0 Å². The lowest BCUT2D eigenvalue weighted by atomic mass is 10.0. The van der Waals surface area contributed by atoms with Crippen LogP contribution in [0.4, 0.5) is 5.69 Å². The highest BCUT2D eigenvalue weighted by atomic mass is 32.2. The second-order valence-corrected chi connectivity index (χ2v) is 9.60. The number of H-pyrrole nitrogens is 1. The average molecular weight is 471 g/mol. The molecule has 1 amide bonds. The van der Waals surface area contributed by atoms with Crippen LogP contribution in [0.5, 0.6) is 5.75 Å². The number of benzene rings is 2. The molecule has 1 atom stereocenters.